The third-order valence-corrected chi connectivity index (χ3v) is 9.42. The maximum Gasteiger partial charge on any atom is 0.282 e. The van der Waals surface area contributed by atoms with Crippen molar-refractivity contribution in [1.82, 2.24) is 19.8 Å². The average molecular weight is 614 g/mol. The number of amides is 1. The first kappa shape index (κ1) is 29.4. The summed E-state index contributed by atoms with van der Waals surface area (Å²) in [7, 11) is 2.01. The second kappa shape index (κ2) is 12.2. The Hall–Kier alpha value is -4.65. The molecule has 224 valence electrons. The maximum absolute atomic E-state index is 16.6. The van der Waals surface area contributed by atoms with Gasteiger partial charge in [0.2, 0.25) is 5.88 Å². The highest BCUT2D eigenvalue weighted by molar-refractivity contribution is 7.17. The van der Waals surface area contributed by atoms with Gasteiger partial charge in [-0.2, -0.15) is 10.5 Å². The predicted molar refractivity (Wildman–Crippen MR) is 164 cm³/mol. The van der Waals surface area contributed by atoms with Crippen molar-refractivity contribution in [2.75, 3.05) is 44.7 Å². The summed E-state index contributed by atoms with van der Waals surface area (Å²) in [5.74, 6) is -2.63. The third-order valence-electron chi connectivity index (χ3n) is 8.46. The van der Waals surface area contributed by atoms with E-state index in [0.29, 0.717) is 16.6 Å². The Morgan fingerprint density at radius 1 is 1.23 bits per heavy atom. The van der Waals surface area contributed by atoms with Crippen molar-refractivity contribution in [3.63, 3.8) is 0 Å². The predicted octanol–water partition coefficient (Wildman–Crippen LogP) is 5.41. The molecular weight excluding hydrogens is 584 g/mol. The Balaban J connectivity index is 1.50. The number of pyridine rings is 2. The van der Waals surface area contributed by atoms with Crippen LogP contribution in [-0.4, -0.2) is 77.6 Å². The van der Waals surface area contributed by atoms with Crippen molar-refractivity contribution < 1.29 is 18.3 Å². The van der Waals surface area contributed by atoms with Crippen molar-refractivity contribution in [3.05, 3.63) is 59.6 Å². The van der Waals surface area contributed by atoms with E-state index in [9.17, 15) is 19.7 Å². The molecule has 2 aliphatic heterocycles. The van der Waals surface area contributed by atoms with Crippen LogP contribution in [0.4, 0.5) is 14.5 Å². The fraction of sp³-hybridized carbons (Fsp3) is 0.344. The fourth-order valence-corrected chi connectivity index (χ4v) is 7.10. The summed E-state index contributed by atoms with van der Waals surface area (Å²) in [6.45, 7) is 4.69. The van der Waals surface area contributed by atoms with Crippen molar-refractivity contribution >= 4 is 43.9 Å². The third kappa shape index (κ3) is 5.21. The summed E-state index contributed by atoms with van der Waals surface area (Å²) in [4.78, 5) is 26.9. The number of nitriles is 2. The van der Waals surface area contributed by atoms with Gasteiger partial charge in [0.25, 0.3) is 5.91 Å². The topological polar surface area (TPSA) is 109 Å². The SMILES string of the molecule is C=C(F)C(=O)N1CCN(c2c(C#N)c(OC[C@@H]3CCCN3C)nc3c(F)c(-c4cccc5ccsc45)ncc23)C[C@@H]1CC#N. The van der Waals surface area contributed by atoms with Gasteiger partial charge in [-0.15, -0.1) is 11.3 Å². The molecule has 0 radical (unpaired) electrons. The molecule has 0 aliphatic carbocycles. The molecule has 2 saturated heterocycles. The molecular formula is C32H29F2N7O2S. The molecule has 3 aromatic heterocycles. The van der Waals surface area contributed by atoms with Crippen LogP contribution in [0.2, 0.25) is 0 Å². The van der Waals surface area contributed by atoms with Crippen LogP contribution in [0.1, 0.15) is 24.8 Å². The molecule has 0 unspecified atom stereocenters. The van der Waals surface area contributed by atoms with E-state index >= 15 is 4.39 Å². The number of carbonyl (C=O) groups excluding carboxylic acids is 1. The number of likely N-dealkylation sites (N-methyl/N-ethyl adjacent to an activating group) is 1. The Bertz CT molecular complexity index is 1860. The van der Waals surface area contributed by atoms with Gasteiger partial charge in [0, 0.05) is 47.5 Å². The van der Waals surface area contributed by atoms with E-state index in [1.54, 1.807) is 0 Å². The monoisotopic (exact) mass is 613 g/mol. The number of ether oxygens (including phenoxy) is 1. The second-order valence-electron chi connectivity index (χ2n) is 11.0. The number of piperazine rings is 1. The van der Waals surface area contributed by atoms with Crippen LogP contribution in [0.15, 0.2) is 48.2 Å². The summed E-state index contributed by atoms with van der Waals surface area (Å²) in [6.07, 6.45) is 3.40. The van der Waals surface area contributed by atoms with Crippen LogP contribution < -0.4 is 9.64 Å². The lowest BCUT2D eigenvalue weighted by molar-refractivity contribution is -0.131. The van der Waals surface area contributed by atoms with E-state index in [2.05, 4.69) is 33.6 Å². The molecule has 0 N–H and O–H groups in total. The number of aromatic nitrogens is 2. The molecule has 2 aliphatic rings. The number of likely N-dealkylation sites (tertiary alicyclic amines) is 1. The Labute approximate surface area is 257 Å². The Kier molecular flexibility index (Phi) is 8.13. The minimum absolute atomic E-state index is 0.000175. The minimum atomic E-state index is -1.11. The molecule has 44 heavy (non-hydrogen) atoms. The zero-order valence-electron chi connectivity index (χ0n) is 24.1. The van der Waals surface area contributed by atoms with Crippen LogP contribution >= 0.6 is 11.3 Å². The van der Waals surface area contributed by atoms with Gasteiger partial charge in [-0.25, -0.2) is 13.8 Å². The first-order chi connectivity index (χ1) is 21.3. The fourth-order valence-electron chi connectivity index (χ4n) is 6.18. The molecule has 2 atom stereocenters. The highest BCUT2D eigenvalue weighted by Crippen LogP contribution is 2.40. The number of fused-ring (bicyclic) bond motifs is 2. The van der Waals surface area contributed by atoms with Crippen LogP contribution in [-0.2, 0) is 4.79 Å². The van der Waals surface area contributed by atoms with Gasteiger partial charge in [-0.1, -0.05) is 24.8 Å². The molecule has 0 saturated carbocycles. The van der Waals surface area contributed by atoms with Gasteiger partial charge in [0.15, 0.2) is 11.6 Å². The number of rotatable bonds is 7. The summed E-state index contributed by atoms with van der Waals surface area (Å²) in [5.41, 5.74) is 1.23. The quantitative estimate of drug-likeness (QED) is 0.255. The minimum Gasteiger partial charge on any atom is -0.475 e. The number of thiophene rings is 1. The van der Waals surface area contributed by atoms with Crippen molar-refractivity contribution in [2.45, 2.75) is 31.3 Å². The lowest BCUT2D eigenvalue weighted by Crippen LogP contribution is -2.55. The van der Waals surface area contributed by atoms with Crippen molar-refractivity contribution in [1.29, 1.82) is 10.5 Å². The van der Waals surface area contributed by atoms with Gasteiger partial charge >= 0.3 is 0 Å². The molecule has 5 heterocycles. The number of nitrogens with zero attached hydrogens (tertiary/aromatic N) is 7. The van der Waals surface area contributed by atoms with E-state index in [4.69, 9.17) is 4.74 Å². The Morgan fingerprint density at radius 2 is 2.07 bits per heavy atom. The summed E-state index contributed by atoms with van der Waals surface area (Å²) >= 11 is 1.49. The van der Waals surface area contributed by atoms with Crippen molar-refractivity contribution in [2.24, 2.45) is 0 Å². The lowest BCUT2D eigenvalue weighted by atomic mass is 10.0. The van der Waals surface area contributed by atoms with E-state index < -0.39 is 23.6 Å². The molecule has 9 nitrogen and oxygen atoms in total. The molecule has 1 amide bonds. The van der Waals surface area contributed by atoms with Crippen LogP contribution in [0, 0.1) is 28.5 Å². The van der Waals surface area contributed by atoms with Gasteiger partial charge in [-0.3, -0.25) is 9.78 Å². The van der Waals surface area contributed by atoms with E-state index in [-0.39, 0.29) is 61.4 Å². The van der Waals surface area contributed by atoms with Gasteiger partial charge in [0.05, 0.1) is 24.2 Å². The van der Waals surface area contributed by atoms with Crippen LogP contribution in [0.3, 0.4) is 0 Å². The smallest absolute Gasteiger partial charge is 0.282 e. The number of anilines is 1. The summed E-state index contributed by atoms with van der Waals surface area (Å²) < 4.78 is 37.5. The van der Waals surface area contributed by atoms with Gasteiger partial charge in [0.1, 0.15) is 29.5 Å². The molecule has 2 fully saturated rings. The maximum atomic E-state index is 16.6. The standard InChI is InChI=1S/C32H29F2N7O2S/c1-19(33)32(42)41-13-12-40(17-21(41)8-10-35)29-24(15-36)31(43-18-22-6-4-11-39(22)2)38-28-25(29)16-37-27(26(28)34)23-7-3-5-20-9-14-44-30(20)23/h3,5,7,9,14,16,21-22H,1,4,6,8,11-13,17-18H2,2H3/t21-,22-/m0/s1. The number of hydrogen-bond donors (Lipinski definition) is 0. The normalized spacial score (nSPS) is 18.8. The van der Waals surface area contributed by atoms with E-state index in [1.165, 1.54) is 22.4 Å². The number of benzene rings is 1. The van der Waals surface area contributed by atoms with Gasteiger partial charge < -0.3 is 19.4 Å². The first-order valence-corrected chi connectivity index (χ1v) is 15.2. The highest BCUT2D eigenvalue weighted by Gasteiger charge is 2.35. The lowest BCUT2D eigenvalue weighted by Gasteiger charge is -2.42. The molecule has 0 bridgehead atoms. The number of halogens is 2. The van der Waals surface area contributed by atoms with Gasteiger partial charge in [-0.05, 0) is 43.3 Å². The summed E-state index contributed by atoms with van der Waals surface area (Å²) in [5, 5.41) is 23.1. The average Bonchev–Trinajstić information content (AvgIpc) is 3.68. The van der Waals surface area contributed by atoms with E-state index in [0.717, 1.165) is 29.5 Å². The summed E-state index contributed by atoms with van der Waals surface area (Å²) in [6, 6.07) is 11.3. The largest absolute Gasteiger partial charge is 0.475 e. The molecule has 1 aromatic carbocycles. The Morgan fingerprint density at radius 3 is 2.80 bits per heavy atom. The molecule has 0 spiro atoms. The molecule has 4 aromatic rings. The first-order valence-electron chi connectivity index (χ1n) is 14.3. The molecule has 12 heteroatoms. The zero-order chi connectivity index (χ0) is 31.0. The highest BCUT2D eigenvalue weighted by atomic mass is 32.1. The number of hydrogen-bond acceptors (Lipinski definition) is 9. The van der Waals surface area contributed by atoms with Crippen LogP contribution in [0.5, 0.6) is 5.88 Å². The van der Waals surface area contributed by atoms with Crippen LogP contribution in [0.25, 0.3) is 32.2 Å². The molecule has 6 rings (SSSR count). The van der Waals surface area contributed by atoms with E-state index in [1.807, 2.05) is 41.6 Å². The second-order valence-corrected chi connectivity index (χ2v) is 11.9. The number of carbonyl (C=O) groups is 1. The zero-order valence-corrected chi connectivity index (χ0v) is 24.9. The van der Waals surface area contributed by atoms with Crippen molar-refractivity contribution in [3.8, 4) is 29.3 Å².